The Hall–Kier alpha value is -1.86. The molecule has 0 aromatic heterocycles. The van der Waals surface area contributed by atoms with E-state index >= 15 is 0 Å². The Bertz CT molecular complexity index is 846. The number of alkyl halides is 3. The summed E-state index contributed by atoms with van der Waals surface area (Å²) < 4.78 is 41.3. The lowest BCUT2D eigenvalue weighted by molar-refractivity contribution is -0.138. The van der Waals surface area contributed by atoms with Gasteiger partial charge in [0.2, 0.25) is 0 Å². The summed E-state index contributed by atoms with van der Waals surface area (Å²) in [6.07, 6.45) is -2.44. The Morgan fingerprint density at radius 1 is 1.15 bits per heavy atom. The van der Waals surface area contributed by atoms with Gasteiger partial charge in [0.25, 0.3) is 5.91 Å². The Balaban J connectivity index is 1.83. The minimum absolute atomic E-state index is 0.134. The zero-order valence-electron chi connectivity index (χ0n) is 14.9. The first-order valence-electron chi connectivity index (χ1n) is 8.74. The molecule has 3 rings (SSSR count). The maximum atomic E-state index is 13.5. The molecule has 0 radical (unpaired) electrons. The van der Waals surface area contributed by atoms with Crippen molar-refractivity contribution >= 4 is 27.5 Å². The van der Waals surface area contributed by atoms with Crippen molar-refractivity contribution < 1.29 is 18.0 Å². The van der Waals surface area contributed by atoms with Crippen LogP contribution in [0.3, 0.4) is 0 Å². The maximum Gasteiger partial charge on any atom is 0.416 e. The lowest BCUT2D eigenvalue weighted by Crippen LogP contribution is -2.21. The highest BCUT2D eigenvalue weighted by Crippen LogP contribution is 2.35. The van der Waals surface area contributed by atoms with Crippen LogP contribution in [0.4, 0.5) is 18.9 Å². The van der Waals surface area contributed by atoms with E-state index in [2.05, 4.69) is 21.2 Å². The predicted octanol–water partition coefficient (Wildman–Crippen LogP) is 5.62. The first kappa shape index (κ1) is 19.9. The van der Waals surface area contributed by atoms with Crippen LogP contribution in [0, 0.1) is 6.92 Å². The molecular formula is C20H20BrF3N2O. The molecule has 1 aliphatic rings. The lowest BCUT2D eigenvalue weighted by Gasteiger charge is -2.20. The molecule has 1 N–H and O–H groups in total. The summed E-state index contributed by atoms with van der Waals surface area (Å²) in [4.78, 5) is 14.4. The summed E-state index contributed by atoms with van der Waals surface area (Å²) >= 11 is 3.36. The number of nitrogens with zero attached hydrogens (tertiary/aromatic N) is 1. The van der Waals surface area contributed by atoms with E-state index in [1.54, 1.807) is 18.2 Å². The zero-order valence-corrected chi connectivity index (χ0v) is 16.5. The van der Waals surface area contributed by atoms with Crippen LogP contribution < -0.4 is 5.32 Å². The number of hydrogen-bond donors (Lipinski definition) is 1. The topological polar surface area (TPSA) is 32.3 Å². The summed E-state index contributed by atoms with van der Waals surface area (Å²) in [5.74, 6) is -0.448. The van der Waals surface area contributed by atoms with Gasteiger partial charge < -0.3 is 5.32 Å². The molecule has 0 spiro atoms. The summed E-state index contributed by atoms with van der Waals surface area (Å²) in [6.45, 7) is 3.80. The highest BCUT2D eigenvalue weighted by atomic mass is 79.9. The van der Waals surface area contributed by atoms with Crippen LogP contribution in [-0.2, 0) is 12.7 Å². The minimum Gasteiger partial charge on any atom is -0.322 e. The van der Waals surface area contributed by atoms with E-state index < -0.39 is 17.6 Å². The predicted molar refractivity (Wildman–Crippen MR) is 103 cm³/mol. The third-order valence-corrected chi connectivity index (χ3v) is 5.55. The number of hydrogen-bond acceptors (Lipinski definition) is 2. The first-order chi connectivity index (χ1) is 12.7. The van der Waals surface area contributed by atoms with Crippen molar-refractivity contribution in [3.8, 4) is 0 Å². The second-order valence-corrected chi connectivity index (χ2v) is 7.63. The van der Waals surface area contributed by atoms with Crippen molar-refractivity contribution in [3.63, 3.8) is 0 Å². The largest absolute Gasteiger partial charge is 0.416 e. The number of aryl methyl sites for hydroxylation is 1. The number of carbonyl (C=O) groups excluding carboxylic acids is 1. The fraction of sp³-hybridized carbons (Fsp3) is 0.350. The Kier molecular flexibility index (Phi) is 5.91. The number of anilines is 1. The van der Waals surface area contributed by atoms with Gasteiger partial charge in [-0.05, 0) is 68.2 Å². The molecule has 7 heteroatoms. The molecule has 1 aliphatic heterocycles. The van der Waals surface area contributed by atoms with Gasteiger partial charge >= 0.3 is 6.18 Å². The Morgan fingerprint density at radius 3 is 2.48 bits per heavy atom. The molecule has 1 heterocycles. The van der Waals surface area contributed by atoms with Gasteiger partial charge in [-0.2, -0.15) is 13.2 Å². The molecule has 0 atom stereocenters. The molecule has 1 amide bonds. The van der Waals surface area contributed by atoms with Crippen molar-refractivity contribution in [3.05, 3.63) is 63.1 Å². The summed E-state index contributed by atoms with van der Waals surface area (Å²) in [5, 5.41) is 2.56. The second kappa shape index (κ2) is 8.02. The van der Waals surface area contributed by atoms with Gasteiger partial charge in [-0.3, -0.25) is 9.69 Å². The molecule has 1 saturated heterocycles. The number of halogens is 4. The average molecular weight is 441 g/mol. The monoisotopic (exact) mass is 440 g/mol. The van der Waals surface area contributed by atoms with Crippen LogP contribution in [0.2, 0.25) is 0 Å². The average Bonchev–Trinajstić information content (AvgIpc) is 3.10. The van der Waals surface area contributed by atoms with Gasteiger partial charge in [-0.25, -0.2) is 0 Å². The third kappa shape index (κ3) is 4.90. The van der Waals surface area contributed by atoms with E-state index in [4.69, 9.17) is 0 Å². The molecule has 2 aromatic rings. The van der Waals surface area contributed by atoms with E-state index in [-0.39, 0.29) is 17.8 Å². The van der Waals surface area contributed by atoms with Crippen LogP contribution in [0.1, 0.15) is 39.9 Å². The normalized spacial score (nSPS) is 15.1. The smallest absolute Gasteiger partial charge is 0.322 e. The number of nitrogens with one attached hydrogen (secondary N) is 1. The van der Waals surface area contributed by atoms with Crippen LogP contribution in [-0.4, -0.2) is 23.9 Å². The number of likely N-dealkylation sites (tertiary alicyclic amines) is 1. The highest BCUT2D eigenvalue weighted by Gasteiger charge is 2.34. The van der Waals surface area contributed by atoms with E-state index in [9.17, 15) is 18.0 Å². The van der Waals surface area contributed by atoms with Crippen molar-refractivity contribution in [2.24, 2.45) is 0 Å². The van der Waals surface area contributed by atoms with Crippen molar-refractivity contribution in [1.29, 1.82) is 0 Å². The van der Waals surface area contributed by atoms with Crippen LogP contribution in [0.15, 0.2) is 40.9 Å². The van der Waals surface area contributed by atoms with Gasteiger partial charge in [0.15, 0.2) is 0 Å². The zero-order chi connectivity index (χ0) is 19.6. The molecule has 1 fully saturated rings. The SMILES string of the molecule is Cc1ccc(C(=O)Nc2ccc(CN3CCCC3)c(C(F)(F)F)c2)cc1Br. The van der Waals surface area contributed by atoms with Crippen LogP contribution >= 0.6 is 15.9 Å². The summed E-state index contributed by atoms with van der Waals surface area (Å²) in [6, 6.07) is 9.08. The standard InChI is InChI=1S/C20H20BrF3N2O/c1-13-4-5-14(10-18(13)21)19(27)25-16-7-6-15(12-26-8-2-3-9-26)17(11-16)20(22,23)24/h4-7,10-11H,2-3,8-9,12H2,1H3,(H,25,27). The van der Waals surface area contributed by atoms with E-state index in [1.807, 2.05) is 11.8 Å². The second-order valence-electron chi connectivity index (χ2n) is 6.77. The van der Waals surface area contributed by atoms with Crippen LogP contribution in [0.5, 0.6) is 0 Å². The molecule has 0 aliphatic carbocycles. The number of amides is 1. The quantitative estimate of drug-likeness (QED) is 0.668. The molecule has 0 unspecified atom stereocenters. The third-order valence-electron chi connectivity index (χ3n) is 4.70. The Labute approximate surface area is 164 Å². The number of benzene rings is 2. The lowest BCUT2D eigenvalue weighted by atomic mass is 10.0. The number of carbonyl (C=O) groups is 1. The minimum atomic E-state index is -4.47. The first-order valence-corrected chi connectivity index (χ1v) is 9.53. The van der Waals surface area contributed by atoms with E-state index in [0.29, 0.717) is 5.56 Å². The van der Waals surface area contributed by atoms with E-state index in [0.717, 1.165) is 42.0 Å². The van der Waals surface area contributed by atoms with Gasteiger partial charge in [0.1, 0.15) is 0 Å². The fourth-order valence-corrected chi connectivity index (χ4v) is 3.55. The summed E-state index contributed by atoms with van der Waals surface area (Å²) in [5.41, 5.74) is 1.02. The Morgan fingerprint density at radius 2 is 1.85 bits per heavy atom. The van der Waals surface area contributed by atoms with Gasteiger partial charge in [-0.15, -0.1) is 0 Å². The van der Waals surface area contributed by atoms with Gasteiger partial charge in [-0.1, -0.05) is 28.1 Å². The number of rotatable bonds is 4. The molecule has 27 heavy (non-hydrogen) atoms. The van der Waals surface area contributed by atoms with Crippen molar-refractivity contribution in [2.45, 2.75) is 32.5 Å². The molecule has 0 bridgehead atoms. The summed E-state index contributed by atoms with van der Waals surface area (Å²) in [7, 11) is 0. The highest BCUT2D eigenvalue weighted by molar-refractivity contribution is 9.10. The molecule has 3 nitrogen and oxygen atoms in total. The van der Waals surface area contributed by atoms with Gasteiger partial charge in [0.05, 0.1) is 5.56 Å². The van der Waals surface area contributed by atoms with Crippen molar-refractivity contribution in [2.75, 3.05) is 18.4 Å². The molecule has 144 valence electrons. The fourth-order valence-electron chi connectivity index (χ4n) is 3.17. The maximum absolute atomic E-state index is 13.5. The van der Waals surface area contributed by atoms with Crippen molar-refractivity contribution in [1.82, 2.24) is 4.90 Å². The molecule has 0 saturated carbocycles. The van der Waals surface area contributed by atoms with E-state index in [1.165, 1.54) is 12.1 Å². The van der Waals surface area contributed by atoms with Gasteiger partial charge in [0, 0.05) is 22.3 Å². The van der Waals surface area contributed by atoms with Crippen LogP contribution in [0.25, 0.3) is 0 Å². The molecular weight excluding hydrogens is 421 g/mol. The molecule has 2 aromatic carbocycles.